The van der Waals surface area contributed by atoms with Crippen LogP contribution in [0, 0.1) is 16.5 Å². The second kappa shape index (κ2) is 4.64. The van der Waals surface area contributed by atoms with Gasteiger partial charge in [0.15, 0.2) is 0 Å². The predicted octanol–water partition coefficient (Wildman–Crippen LogP) is 3.38. The zero-order valence-corrected chi connectivity index (χ0v) is 10.8. The molecule has 0 aromatic carbocycles. The number of nitrogens with zero attached hydrogens (tertiary/aromatic N) is 2. The summed E-state index contributed by atoms with van der Waals surface area (Å²) in [5.41, 5.74) is 1.31. The molecule has 1 fully saturated rings. The molecule has 2 nitrogen and oxygen atoms in total. The lowest BCUT2D eigenvalue weighted by Crippen LogP contribution is -2.15. The molecule has 1 aliphatic rings. The highest BCUT2D eigenvalue weighted by molar-refractivity contribution is 14.1. The van der Waals surface area contributed by atoms with E-state index in [4.69, 9.17) is 0 Å². The molecule has 0 N–H and O–H groups in total. The second-order valence-corrected chi connectivity index (χ2v) is 5.40. The Morgan fingerprint density at radius 3 is 2.71 bits per heavy atom. The lowest BCUT2D eigenvalue weighted by Gasteiger charge is -2.21. The molecule has 1 aromatic heterocycles. The summed E-state index contributed by atoms with van der Waals surface area (Å²) in [7, 11) is 0. The Morgan fingerprint density at radius 2 is 2.14 bits per heavy atom. The molecule has 1 saturated carbocycles. The van der Waals surface area contributed by atoms with Gasteiger partial charge in [0, 0.05) is 12.2 Å². The molecular formula is C11H17IN2. The highest BCUT2D eigenvalue weighted by Gasteiger charge is 2.15. The molecular weight excluding hydrogens is 287 g/mol. The number of rotatable bonds is 2. The fraction of sp³-hybridized carbons (Fsp3) is 0.727. The zero-order chi connectivity index (χ0) is 9.97. The molecule has 1 aromatic rings. The van der Waals surface area contributed by atoms with E-state index in [0.29, 0.717) is 0 Å². The van der Waals surface area contributed by atoms with Gasteiger partial charge in [0.2, 0.25) is 0 Å². The highest BCUT2D eigenvalue weighted by atomic mass is 127. The topological polar surface area (TPSA) is 17.8 Å². The summed E-state index contributed by atoms with van der Waals surface area (Å²) in [5, 5.41) is 4.51. The summed E-state index contributed by atoms with van der Waals surface area (Å²) in [4.78, 5) is 0. The van der Waals surface area contributed by atoms with Crippen LogP contribution in [0.1, 0.15) is 37.8 Å². The van der Waals surface area contributed by atoms with Crippen molar-refractivity contribution in [3.8, 4) is 0 Å². The first kappa shape index (κ1) is 10.5. The number of hydrogen-bond acceptors (Lipinski definition) is 1. The summed E-state index contributed by atoms with van der Waals surface area (Å²) in [6.07, 6.45) is 7.07. The van der Waals surface area contributed by atoms with Crippen LogP contribution in [0.25, 0.3) is 0 Å². The van der Waals surface area contributed by atoms with Gasteiger partial charge in [-0.1, -0.05) is 19.3 Å². The molecule has 0 bridgehead atoms. The van der Waals surface area contributed by atoms with Crippen LogP contribution < -0.4 is 0 Å². The predicted molar refractivity (Wildman–Crippen MR) is 66.3 cm³/mol. The van der Waals surface area contributed by atoms with Crippen LogP contribution >= 0.6 is 22.6 Å². The Bertz CT molecular complexity index is 300. The van der Waals surface area contributed by atoms with Gasteiger partial charge >= 0.3 is 0 Å². The maximum atomic E-state index is 4.51. The van der Waals surface area contributed by atoms with Crippen molar-refractivity contribution in [2.75, 3.05) is 0 Å². The minimum atomic E-state index is 0.873. The van der Waals surface area contributed by atoms with Crippen LogP contribution in [0.5, 0.6) is 0 Å². The van der Waals surface area contributed by atoms with E-state index in [-0.39, 0.29) is 0 Å². The van der Waals surface area contributed by atoms with Gasteiger partial charge in [0.1, 0.15) is 3.70 Å². The van der Waals surface area contributed by atoms with E-state index in [1.165, 1.54) is 37.8 Å². The molecule has 0 unspecified atom stereocenters. The zero-order valence-electron chi connectivity index (χ0n) is 8.67. The van der Waals surface area contributed by atoms with Crippen LogP contribution in [-0.4, -0.2) is 9.78 Å². The van der Waals surface area contributed by atoms with Crippen LogP contribution in [0.3, 0.4) is 0 Å². The van der Waals surface area contributed by atoms with Crippen molar-refractivity contribution in [1.29, 1.82) is 0 Å². The third kappa shape index (κ3) is 2.49. The standard InChI is InChI=1S/C11H17IN2/c1-9-7-11(12)13-14(9)8-10-5-3-2-4-6-10/h7,10H,2-6,8H2,1H3. The summed E-state index contributed by atoms with van der Waals surface area (Å²) in [5.74, 6) is 0.873. The Kier molecular flexibility index (Phi) is 3.47. The van der Waals surface area contributed by atoms with Crippen LogP contribution in [0.2, 0.25) is 0 Å². The molecule has 1 aliphatic carbocycles. The number of aryl methyl sites for hydroxylation is 1. The summed E-state index contributed by atoms with van der Waals surface area (Å²) < 4.78 is 3.30. The molecule has 0 radical (unpaired) electrons. The van der Waals surface area contributed by atoms with Crippen molar-refractivity contribution in [1.82, 2.24) is 9.78 Å². The lowest BCUT2D eigenvalue weighted by atomic mass is 9.89. The van der Waals surface area contributed by atoms with E-state index in [2.05, 4.69) is 45.4 Å². The molecule has 0 aliphatic heterocycles. The molecule has 0 spiro atoms. The molecule has 1 heterocycles. The Balaban J connectivity index is 1.98. The maximum absolute atomic E-state index is 4.51. The van der Waals surface area contributed by atoms with E-state index >= 15 is 0 Å². The van der Waals surface area contributed by atoms with Crippen LogP contribution in [0.15, 0.2) is 6.07 Å². The average molecular weight is 304 g/mol. The number of aromatic nitrogens is 2. The summed E-state index contributed by atoms with van der Waals surface area (Å²) in [6.45, 7) is 3.28. The largest absolute Gasteiger partial charge is 0.269 e. The number of halogens is 1. The molecule has 3 heteroatoms. The fourth-order valence-electron chi connectivity index (χ4n) is 2.27. The van der Waals surface area contributed by atoms with E-state index in [1.807, 2.05) is 0 Å². The normalized spacial score (nSPS) is 18.7. The molecule has 0 atom stereocenters. The van der Waals surface area contributed by atoms with Crippen LogP contribution in [-0.2, 0) is 6.54 Å². The van der Waals surface area contributed by atoms with Crippen molar-refractivity contribution >= 4 is 22.6 Å². The summed E-state index contributed by atoms with van der Waals surface area (Å²) in [6, 6.07) is 2.16. The van der Waals surface area contributed by atoms with Gasteiger partial charge in [0.05, 0.1) is 0 Å². The van der Waals surface area contributed by atoms with E-state index in [9.17, 15) is 0 Å². The van der Waals surface area contributed by atoms with E-state index < -0.39 is 0 Å². The van der Waals surface area contributed by atoms with Gasteiger partial charge in [-0.25, -0.2) is 0 Å². The van der Waals surface area contributed by atoms with E-state index in [1.54, 1.807) is 0 Å². The first-order chi connectivity index (χ1) is 6.75. The quantitative estimate of drug-likeness (QED) is 0.766. The molecule has 78 valence electrons. The maximum Gasteiger partial charge on any atom is 0.123 e. The monoisotopic (exact) mass is 304 g/mol. The van der Waals surface area contributed by atoms with Crippen molar-refractivity contribution in [3.05, 3.63) is 15.5 Å². The van der Waals surface area contributed by atoms with Gasteiger partial charge in [0.25, 0.3) is 0 Å². The highest BCUT2D eigenvalue weighted by Crippen LogP contribution is 2.25. The Morgan fingerprint density at radius 1 is 1.43 bits per heavy atom. The van der Waals surface area contributed by atoms with Gasteiger partial charge in [-0.05, 0) is 54.3 Å². The van der Waals surface area contributed by atoms with Gasteiger partial charge in [-0.15, -0.1) is 0 Å². The molecule has 14 heavy (non-hydrogen) atoms. The van der Waals surface area contributed by atoms with Gasteiger partial charge < -0.3 is 0 Å². The third-order valence-electron chi connectivity index (χ3n) is 3.11. The van der Waals surface area contributed by atoms with Crippen LogP contribution in [0.4, 0.5) is 0 Å². The average Bonchev–Trinajstić information content (AvgIpc) is 2.47. The van der Waals surface area contributed by atoms with E-state index in [0.717, 1.165) is 16.2 Å². The summed E-state index contributed by atoms with van der Waals surface area (Å²) >= 11 is 2.29. The Hall–Kier alpha value is -0.0600. The van der Waals surface area contributed by atoms with Gasteiger partial charge in [-0.3, -0.25) is 4.68 Å². The molecule has 0 amide bonds. The molecule has 2 rings (SSSR count). The first-order valence-electron chi connectivity index (χ1n) is 5.45. The lowest BCUT2D eigenvalue weighted by molar-refractivity contribution is 0.305. The third-order valence-corrected chi connectivity index (χ3v) is 3.63. The second-order valence-electron chi connectivity index (χ2n) is 4.29. The van der Waals surface area contributed by atoms with Crippen molar-refractivity contribution < 1.29 is 0 Å². The van der Waals surface area contributed by atoms with Crippen molar-refractivity contribution in [3.63, 3.8) is 0 Å². The smallest absolute Gasteiger partial charge is 0.123 e. The SMILES string of the molecule is Cc1cc(I)nn1CC1CCCCC1. The Labute approximate surface area is 99.2 Å². The molecule has 0 saturated heterocycles. The minimum Gasteiger partial charge on any atom is -0.269 e. The minimum absolute atomic E-state index is 0.873. The first-order valence-corrected chi connectivity index (χ1v) is 6.53. The van der Waals surface area contributed by atoms with Crippen molar-refractivity contribution in [2.45, 2.75) is 45.6 Å². The van der Waals surface area contributed by atoms with Crippen molar-refractivity contribution in [2.24, 2.45) is 5.92 Å². The fourth-order valence-corrected chi connectivity index (χ4v) is 2.98. The van der Waals surface area contributed by atoms with Gasteiger partial charge in [-0.2, -0.15) is 5.10 Å². The number of hydrogen-bond donors (Lipinski definition) is 0.